The number of rotatable bonds is 7. The maximum absolute atomic E-state index is 13.0. The van der Waals surface area contributed by atoms with Crippen molar-refractivity contribution in [2.24, 2.45) is 5.92 Å². The van der Waals surface area contributed by atoms with Crippen molar-refractivity contribution in [3.05, 3.63) is 29.8 Å². The Kier molecular flexibility index (Phi) is 7.63. The standard InChI is InChI=1S/C19H24F4N2O6S/c20-18(21)19(22,23)31-16-3-1-13(2-4-16)14-5-9-24(10-6-14)32(28,29)25(27)17(26)15-7-11-30-12-8-15/h1-4,14-15,18,27H,5-12H2. The molecule has 2 fully saturated rings. The van der Waals surface area contributed by atoms with Crippen molar-refractivity contribution in [2.45, 2.75) is 44.1 Å². The topological polar surface area (TPSA) is 96.4 Å². The first-order valence-electron chi connectivity index (χ1n) is 10.1. The smallest absolute Gasteiger partial charge is 0.428 e. The number of benzene rings is 1. The molecule has 8 nitrogen and oxygen atoms in total. The lowest BCUT2D eigenvalue weighted by Crippen LogP contribution is -2.49. The number of carbonyl (C=O) groups is 1. The molecule has 0 aromatic heterocycles. The molecule has 2 heterocycles. The van der Waals surface area contributed by atoms with E-state index in [9.17, 15) is 36.0 Å². The molecular formula is C19H24F4N2O6S. The number of nitrogens with zero attached hydrogens (tertiary/aromatic N) is 2. The SMILES string of the molecule is O=C(C1CCOCC1)N(O)S(=O)(=O)N1CCC(c2ccc(OC(F)(F)C(F)F)cc2)CC1. The molecule has 0 atom stereocenters. The van der Waals surface area contributed by atoms with Crippen LogP contribution in [-0.4, -0.2) is 67.1 Å². The van der Waals surface area contributed by atoms with Crippen molar-refractivity contribution in [1.82, 2.24) is 8.77 Å². The van der Waals surface area contributed by atoms with Gasteiger partial charge in [0, 0.05) is 32.2 Å². The van der Waals surface area contributed by atoms with E-state index in [4.69, 9.17) is 4.74 Å². The summed E-state index contributed by atoms with van der Waals surface area (Å²) < 4.78 is 85.7. The number of hydrogen-bond donors (Lipinski definition) is 1. The van der Waals surface area contributed by atoms with E-state index in [0.717, 1.165) is 16.4 Å². The summed E-state index contributed by atoms with van der Waals surface area (Å²) >= 11 is 0. The van der Waals surface area contributed by atoms with Gasteiger partial charge in [-0.25, -0.2) is 0 Å². The summed E-state index contributed by atoms with van der Waals surface area (Å²) in [4.78, 5) is 12.3. The van der Waals surface area contributed by atoms with Crippen LogP contribution in [0.1, 0.15) is 37.2 Å². The monoisotopic (exact) mass is 484 g/mol. The Bertz CT molecular complexity index is 886. The normalized spacial score (nSPS) is 19.8. The molecule has 3 rings (SSSR count). The van der Waals surface area contributed by atoms with Crippen LogP contribution in [-0.2, 0) is 19.7 Å². The predicted octanol–water partition coefficient (Wildman–Crippen LogP) is 2.99. The minimum Gasteiger partial charge on any atom is -0.428 e. The van der Waals surface area contributed by atoms with Crippen molar-refractivity contribution >= 4 is 16.1 Å². The molecule has 32 heavy (non-hydrogen) atoms. The van der Waals surface area contributed by atoms with E-state index in [1.54, 1.807) is 0 Å². The Morgan fingerprint density at radius 3 is 2.22 bits per heavy atom. The summed E-state index contributed by atoms with van der Waals surface area (Å²) in [5, 5.41) is 10.1. The molecule has 0 saturated carbocycles. The van der Waals surface area contributed by atoms with Crippen molar-refractivity contribution in [3.8, 4) is 5.75 Å². The number of carbonyl (C=O) groups excluding carboxylic acids is 1. The molecule has 2 aliphatic rings. The van der Waals surface area contributed by atoms with Crippen LogP contribution in [0.25, 0.3) is 0 Å². The molecule has 1 N–H and O–H groups in total. The molecule has 2 aliphatic heterocycles. The van der Waals surface area contributed by atoms with Crippen LogP contribution in [0.15, 0.2) is 24.3 Å². The van der Waals surface area contributed by atoms with Crippen molar-refractivity contribution < 1.29 is 45.5 Å². The zero-order valence-electron chi connectivity index (χ0n) is 17.0. The van der Waals surface area contributed by atoms with Gasteiger partial charge in [0.2, 0.25) is 0 Å². The fraction of sp³-hybridized carbons (Fsp3) is 0.632. The van der Waals surface area contributed by atoms with Gasteiger partial charge in [0.25, 0.3) is 5.91 Å². The first-order valence-corrected chi connectivity index (χ1v) is 11.5. The van der Waals surface area contributed by atoms with E-state index in [0.29, 0.717) is 44.5 Å². The van der Waals surface area contributed by atoms with E-state index in [1.165, 1.54) is 12.1 Å². The molecule has 13 heteroatoms. The summed E-state index contributed by atoms with van der Waals surface area (Å²) in [5.74, 6) is -2.04. The molecule has 1 aromatic carbocycles. The average molecular weight is 484 g/mol. The number of piperidine rings is 1. The molecule has 0 aliphatic carbocycles. The summed E-state index contributed by atoms with van der Waals surface area (Å²) in [7, 11) is -4.39. The quantitative estimate of drug-likeness (QED) is 0.363. The van der Waals surface area contributed by atoms with Crippen LogP contribution in [0.4, 0.5) is 17.6 Å². The summed E-state index contributed by atoms with van der Waals surface area (Å²) in [6.07, 6.45) is -7.19. The molecule has 0 spiro atoms. The fourth-order valence-electron chi connectivity index (χ4n) is 3.75. The van der Waals surface area contributed by atoms with Gasteiger partial charge in [-0.1, -0.05) is 16.6 Å². The van der Waals surface area contributed by atoms with Crippen molar-refractivity contribution in [1.29, 1.82) is 0 Å². The lowest BCUT2D eigenvalue weighted by molar-refractivity contribution is -0.253. The molecule has 180 valence electrons. The number of amides is 1. The van der Waals surface area contributed by atoms with Crippen molar-refractivity contribution in [2.75, 3.05) is 26.3 Å². The highest BCUT2D eigenvalue weighted by atomic mass is 32.2. The van der Waals surface area contributed by atoms with E-state index >= 15 is 0 Å². The molecule has 0 radical (unpaired) electrons. The maximum Gasteiger partial charge on any atom is 0.461 e. The highest BCUT2D eigenvalue weighted by Gasteiger charge is 2.44. The summed E-state index contributed by atoms with van der Waals surface area (Å²) in [6.45, 7) is 0.707. The summed E-state index contributed by atoms with van der Waals surface area (Å²) in [5.41, 5.74) is 0.703. The first-order chi connectivity index (χ1) is 15.0. The van der Waals surface area contributed by atoms with Crippen LogP contribution in [0.3, 0.4) is 0 Å². The van der Waals surface area contributed by atoms with E-state index in [1.807, 2.05) is 0 Å². The zero-order chi connectivity index (χ0) is 23.5. The molecular weight excluding hydrogens is 460 g/mol. The Hall–Kier alpha value is -1.96. The third-order valence-corrected chi connectivity index (χ3v) is 7.25. The highest BCUT2D eigenvalue weighted by Crippen LogP contribution is 2.33. The van der Waals surface area contributed by atoms with Gasteiger partial charge in [0.1, 0.15) is 5.75 Å². The van der Waals surface area contributed by atoms with Gasteiger partial charge in [-0.15, -0.1) is 0 Å². The van der Waals surface area contributed by atoms with Gasteiger partial charge < -0.3 is 9.47 Å². The van der Waals surface area contributed by atoms with E-state index in [2.05, 4.69) is 4.74 Å². The highest BCUT2D eigenvalue weighted by molar-refractivity contribution is 7.87. The minimum absolute atomic E-state index is 0.0345. The molecule has 1 aromatic rings. The van der Waals surface area contributed by atoms with E-state index in [-0.39, 0.29) is 23.5 Å². The Balaban J connectivity index is 1.57. The van der Waals surface area contributed by atoms with Gasteiger partial charge in [0.15, 0.2) is 0 Å². The minimum atomic E-state index is -4.60. The van der Waals surface area contributed by atoms with Gasteiger partial charge in [0.05, 0.1) is 0 Å². The van der Waals surface area contributed by atoms with Gasteiger partial charge in [-0.05, 0) is 49.3 Å². The van der Waals surface area contributed by atoms with Crippen molar-refractivity contribution in [3.63, 3.8) is 0 Å². The van der Waals surface area contributed by atoms with Gasteiger partial charge in [-0.3, -0.25) is 10.0 Å². The largest absolute Gasteiger partial charge is 0.461 e. The second-order valence-electron chi connectivity index (χ2n) is 7.68. The Morgan fingerprint density at radius 1 is 1.12 bits per heavy atom. The number of ether oxygens (including phenoxy) is 2. The van der Waals surface area contributed by atoms with Crippen LogP contribution in [0.2, 0.25) is 0 Å². The van der Waals surface area contributed by atoms with Gasteiger partial charge in [-0.2, -0.15) is 30.3 Å². The average Bonchev–Trinajstić information content (AvgIpc) is 2.79. The Morgan fingerprint density at radius 2 is 1.69 bits per heavy atom. The maximum atomic E-state index is 13.0. The number of halogens is 4. The van der Waals surface area contributed by atoms with Crippen LogP contribution in [0.5, 0.6) is 5.75 Å². The second kappa shape index (κ2) is 9.89. The lowest BCUT2D eigenvalue weighted by Gasteiger charge is -2.34. The molecule has 0 bridgehead atoms. The Labute approximate surface area is 182 Å². The van der Waals surface area contributed by atoms with Crippen LogP contribution >= 0.6 is 0 Å². The number of hydrogen-bond acceptors (Lipinski definition) is 6. The van der Waals surface area contributed by atoms with Crippen LogP contribution < -0.4 is 4.74 Å². The third kappa shape index (κ3) is 5.50. The molecule has 0 unspecified atom stereocenters. The number of hydroxylamine groups is 1. The predicted molar refractivity (Wildman–Crippen MR) is 103 cm³/mol. The first kappa shape index (κ1) is 24.7. The fourth-order valence-corrected chi connectivity index (χ4v) is 5.02. The van der Waals surface area contributed by atoms with E-state index < -0.39 is 40.3 Å². The second-order valence-corrected chi connectivity index (χ2v) is 9.44. The van der Waals surface area contributed by atoms with Gasteiger partial charge >= 0.3 is 22.7 Å². The lowest BCUT2D eigenvalue weighted by atomic mass is 9.90. The molecule has 2 saturated heterocycles. The van der Waals surface area contributed by atoms with Crippen LogP contribution in [0, 0.1) is 5.92 Å². The number of alkyl halides is 4. The summed E-state index contributed by atoms with van der Waals surface area (Å²) in [6, 6.07) is 5.21. The zero-order valence-corrected chi connectivity index (χ0v) is 17.8. The molecule has 1 amide bonds. The third-order valence-electron chi connectivity index (χ3n) is 5.62.